The number of hydrogen-bond donors (Lipinski definition) is 0. The van der Waals surface area contributed by atoms with Gasteiger partial charge in [0.05, 0.1) is 12.2 Å². The highest BCUT2D eigenvalue weighted by atomic mass is 16.6. The van der Waals surface area contributed by atoms with E-state index in [0.717, 1.165) is 53.2 Å². The van der Waals surface area contributed by atoms with E-state index in [0.29, 0.717) is 39.1 Å². The number of carbonyl (C=O) groups is 2. The molecule has 0 bridgehead atoms. The van der Waals surface area contributed by atoms with E-state index in [4.69, 9.17) is 14.2 Å². The lowest BCUT2D eigenvalue weighted by Gasteiger charge is -2.39. The van der Waals surface area contributed by atoms with Gasteiger partial charge < -0.3 is 24.0 Å². The number of nitrogens with zero attached hydrogens (tertiary/aromatic N) is 2. The van der Waals surface area contributed by atoms with Gasteiger partial charge in [0, 0.05) is 45.7 Å². The van der Waals surface area contributed by atoms with E-state index < -0.39 is 5.60 Å². The van der Waals surface area contributed by atoms with E-state index in [2.05, 4.69) is 47.4 Å². The second-order valence-electron chi connectivity index (χ2n) is 12.5. The van der Waals surface area contributed by atoms with Crippen molar-refractivity contribution >= 4 is 17.6 Å². The number of likely N-dealkylation sites (tertiary alicyclic amines) is 1. The number of carbonyl (C=O) groups excluding carboxylic acids is 2. The zero-order chi connectivity index (χ0) is 30.4. The van der Waals surface area contributed by atoms with E-state index in [1.165, 1.54) is 0 Å². The van der Waals surface area contributed by atoms with Gasteiger partial charge in [0.1, 0.15) is 23.7 Å². The van der Waals surface area contributed by atoms with Gasteiger partial charge in [-0.1, -0.05) is 60.7 Å². The van der Waals surface area contributed by atoms with E-state index in [-0.39, 0.29) is 23.7 Å². The third-order valence-corrected chi connectivity index (χ3v) is 8.24. The van der Waals surface area contributed by atoms with E-state index in [1.54, 1.807) is 12.0 Å². The second-order valence-corrected chi connectivity index (χ2v) is 12.5. The van der Waals surface area contributed by atoms with Crippen molar-refractivity contribution < 1.29 is 23.8 Å². The van der Waals surface area contributed by atoms with Gasteiger partial charge in [0.25, 0.3) is 0 Å². The molecule has 0 radical (unpaired) electrons. The lowest BCUT2D eigenvalue weighted by atomic mass is 9.76. The molecule has 2 heterocycles. The number of piperidine rings is 1. The molecule has 0 saturated carbocycles. The van der Waals surface area contributed by atoms with Gasteiger partial charge in [-0.25, -0.2) is 4.79 Å². The largest absolute Gasteiger partial charge is 0.490 e. The van der Waals surface area contributed by atoms with Crippen molar-refractivity contribution in [2.45, 2.75) is 51.6 Å². The van der Waals surface area contributed by atoms with Crippen LogP contribution in [-0.2, 0) is 20.7 Å². The number of Topliss-reactive ketones (excluding diaryl/α,β-unsaturated/α-hetero) is 1. The molecular weight excluding hydrogens is 540 g/mol. The van der Waals surface area contributed by atoms with Crippen molar-refractivity contribution in [3.05, 3.63) is 83.9 Å². The summed E-state index contributed by atoms with van der Waals surface area (Å²) in [6.07, 6.45) is 1.55. The molecule has 0 aromatic heterocycles. The summed E-state index contributed by atoms with van der Waals surface area (Å²) in [6.45, 7) is 9.51. The molecule has 2 aliphatic rings. The van der Waals surface area contributed by atoms with Gasteiger partial charge in [-0.2, -0.15) is 0 Å². The molecule has 2 aliphatic heterocycles. The molecule has 5 rings (SSSR count). The molecule has 3 aromatic carbocycles. The fourth-order valence-electron chi connectivity index (χ4n) is 6.14. The quantitative estimate of drug-likeness (QED) is 0.260. The molecule has 0 spiro atoms. The summed E-state index contributed by atoms with van der Waals surface area (Å²) < 4.78 is 16.9. The summed E-state index contributed by atoms with van der Waals surface area (Å²) in [6, 6.07) is 24.9. The van der Waals surface area contributed by atoms with Crippen LogP contribution in [0.2, 0.25) is 0 Å². The monoisotopic (exact) mass is 584 g/mol. The van der Waals surface area contributed by atoms with Crippen LogP contribution in [0.5, 0.6) is 5.75 Å². The van der Waals surface area contributed by atoms with Crippen LogP contribution in [0.25, 0.3) is 11.1 Å². The summed E-state index contributed by atoms with van der Waals surface area (Å²) in [7, 11) is 1.72. The number of ketones is 1. The van der Waals surface area contributed by atoms with Crippen LogP contribution < -0.4 is 9.64 Å². The number of anilines is 1. The van der Waals surface area contributed by atoms with Crippen LogP contribution in [0.1, 0.15) is 50.7 Å². The van der Waals surface area contributed by atoms with Gasteiger partial charge in [-0.15, -0.1) is 0 Å². The van der Waals surface area contributed by atoms with Crippen LogP contribution in [0.3, 0.4) is 0 Å². The number of methoxy groups -OCH3 is 1. The number of amides is 1. The van der Waals surface area contributed by atoms with Gasteiger partial charge >= 0.3 is 6.09 Å². The van der Waals surface area contributed by atoms with Crippen LogP contribution in [-0.4, -0.2) is 68.9 Å². The summed E-state index contributed by atoms with van der Waals surface area (Å²) >= 11 is 0. The zero-order valence-corrected chi connectivity index (χ0v) is 25.9. The van der Waals surface area contributed by atoms with Crippen molar-refractivity contribution in [2.75, 3.05) is 51.4 Å². The molecule has 2 atom stereocenters. The van der Waals surface area contributed by atoms with Gasteiger partial charge in [0.2, 0.25) is 0 Å². The minimum atomic E-state index is -0.599. The molecular formula is C36H44N2O5. The van der Waals surface area contributed by atoms with Crippen LogP contribution >= 0.6 is 0 Å². The Labute approximate surface area is 255 Å². The molecule has 0 unspecified atom stereocenters. The maximum Gasteiger partial charge on any atom is 0.410 e. The number of fused-ring (bicyclic) bond motifs is 1. The topological polar surface area (TPSA) is 68.3 Å². The molecule has 1 saturated heterocycles. The molecule has 1 amide bonds. The summed E-state index contributed by atoms with van der Waals surface area (Å²) in [5.41, 5.74) is 4.78. The first-order valence-corrected chi connectivity index (χ1v) is 15.4. The smallest absolute Gasteiger partial charge is 0.410 e. The predicted molar refractivity (Wildman–Crippen MR) is 170 cm³/mol. The Morgan fingerprint density at radius 2 is 1.74 bits per heavy atom. The van der Waals surface area contributed by atoms with Crippen molar-refractivity contribution in [3.8, 4) is 16.9 Å². The SMILES string of the molecule is COCCCN1CCOc2ccc(CC(=O)[C@H]3CN(C(=O)OC(C)(C)C)CC[C@@H]3c3cccc(-c4ccccc4)c3)cc21. The van der Waals surface area contributed by atoms with Crippen molar-refractivity contribution in [2.24, 2.45) is 5.92 Å². The Bertz CT molecular complexity index is 1400. The van der Waals surface area contributed by atoms with Crippen molar-refractivity contribution in [1.29, 1.82) is 0 Å². The second kappa shape index (κ2) is 13.6. The highest BCUT2D eigenvalue weighted by molar-refractivity contribution is 5.86. The van der Waals surface area contributed by atoms with Gasteiger partial charge in [0.15, 0.2) is 0 Å². The average Bonchev–Trinajstić information content (AvgIpc) is 3.00. The molecule has 3 aromatic rings. The first-order valence-electron chi connectivity index (χ1n) is 15.4. The number of benzene rings is 3. The Morgan fingerprint density at radius 1 is 0.953 bits per heavy atom. The Hall–Kier alpha value is -3.84. The lowest BCUT2D eigenvalue weighted by Crippen LogP contribution is -2.47. The number of rotatable bonds is 9. The number of hydrogen-bond acceptors (Lipinski definition) is 6. The van der Waals surface area contributed by atoms with E-state index in [1.807, 2.05) is 51.1 Å². The minimum absolute atomic E-state index is 0.00125. The lowest BCUT2D eigenvalue weighted by molar-refractivity contribution is -0.124. The Balaban J connectivity index is 1.40. The zero-order valence-electron chi connectivity index (χ0n) is 25.9. The standard InChI is InChI=1S/C36H44N2O5/c1-36(2,3)43-35(40)38-18-16-30(29-13-8-12-28(24-29)27-10-6-5-7-11-27)31(25-38)33(39)23-26-14-15-34-32(22-26)37(19-21-42-34)17-9-20-41-4/h5-8,10-15,22,24,30-31H,9,16-21,23,25H2,1-4H3/t30-,31+/m1/s1. The van der Waals surface area contributed by atoms with Gasteiger partial charge in [-0.3, -0.25) is 4.79 Å². The maximum atomic E-state index is 14.2. The summed E-state index contributed by atoms with van der Waals surface area (Å²) in [5, 5.41) is 0. The van der Waals surface area contributed by atoms with E-state index in [9.17, 15) is 9.59 Å². The first-order chi connectivity index (χ1) is 20.7. The van der Waals surface area contributed by atoms with Crippen LogP contribution in [0.15, 0.2) is 72.8 Å². The Morgan fingerprint density at radius 3 is 2.51 bits per heavy atom. The molecule has 0 N–H and O–H groups in total. The molecule has 43 heavy (non-hydrogen) atoms. The van der Waals surface area contributed by atoms with Gasteiger partial charge in [-0.05, 0) is 73.9 Å². The van der Waals surface area contributed by atoms with Crippen molar-refractivity contribution in [1.82, 2.24) is 4.90 Å². The fraction of sp³-hybridized carbons (Fsp3) is 0.444. The highest BCUT2D eigenvalue weighted by Crippen LogP contribution is 2.38. The molecule has 228 valence electrons. The third kappa shape index (κ3) is 7.77. The Kier molecular flexibility index (Phi) is 9.71. The van der Waals surface area contributed by atoms with Crippen molar-refractivity contribution in [3.63, 3.8) is 0 Å². The van der Waals surface area contributed by atoms with Crippen LogP contribution in [0.4, 0.5) is 10.5 Å². The normalized spacial score (nSPS) is 18.5. The summed E-state index contributed by atoms with van der Waals surface area (Å²) in [5.74, 6) is 0.633. The molecule has 0 aliphatic carbocycles. The third-order valence-electron chi connectivity index (χ3n) is 8.24. The highest BCUT2D eigenvalue weighted by Gasteiger charge is 2.38. The average molecular weight is 585 g/mol. The molecule has 7 nitrogen and oxygen atoms in total. The first kappa shape index (κ1) is 30.6. The minimum Gasteiger partial charge on any atom is -0.490 e. The van der Waals surface area contributed by atoms with Crippen LogP contribution in [0, 0.1) is 5.92 Å². The predicted octanol–water partition coefficient (Wildman–Crippen LogP) is 6.74. The molecule has 7 heteroatoms. The molecule has 1 fully saturated rings. The summed E-state index contributed by atoms with van der Waals surface area (Å²) in [4.78, 5) is 31.3. The maximum absolute atomic E-state index is 14.2. The fourth-order valence-corrected chi connectivity index (χ4v) is 6.14. The number of ether oxygens (including phenoxy) is 3. The van der Waals surface area contributed by atoms with E-state index >= 15 is 0 Å².